The number of benzene rings is 3. The van der Waals surface area contributed by atoms with Crippen molar-refractivity contribution in [2.45, 2.75) is 45.3 Å². The first-order valence-electron chi connectivity index (χ1n) is 11.4. The number of hydrogen-bond acceptors (Lipinski definition) is 3. The molecule has 3 aromatic rings. The summed E-state index contributed by atoms with van der Waals surface area (Å²) >= 11 is 3.43. The van der Waals surface area contributed by atoms with Gasteiger partial charge in [-0.15, -0.1) is 0 Å². The number of rotatable bonds is 9. The fraction of sp³-hybridized carbons (Fsp3) is 0.286. The number of amides is 2. The molecule has 2 amide bonds. The lowest BCUT2D eigenvalue weighted by atomic mass is 10.0. The molecule has 0 saturated carbocycles. The zero-order valence-corrected chi connectivity index (χ0v) is 21.7. The molecule has 0 aliphatic carbocycles. The summed E-state index contributed by atoms with van der Waals surface area (Å²) in [6.45, 7) is 5.67. The van der Waals surface area contributed by atoms with Gasteiger partial charge in [0, 0.05) is 23.0 Å². The molecule has 3 rings (SSSR count). The Kier molecular flexibility index (Phi) is 9.04. The SMILES string of the molecule is CC(C)(C)NC(=O)[C@H](Cc1ccccc1)N(Cc1ccc(Br)cc1)C(=O)COc1ccc(F)cc1. The molecule has 3 aromatic carbocycles. The maximum Gasteiger partial charge on any atom is 0.261 e. The molecule has 7 heteroatoms. The molecule has 1 N–H and O–H groups in total. The third-order valence-electron chi connectivity index (χ3n) is 5.21. The van der Waals surface area contributed by atoms with Crippen molar-refractivity contribution in [3.63, 3.8) is 0 Å². The van der Waals surface area contributed by atoms with E-state index in [0.717, 1.165) is 15.6 Å². The van der Waals surface area contributed by atoms with Gasteiger partial charge in [-0.1, -0.05) is 58.4 Å². The maximum absolute atomic E-state index is 13.5. The van der Waals surface area contributed by atoms with Crippen molar-refractivity contribution >= 4 is 27.7 Å². The largest absolute Gasteiger partial charge is 0.484 e. The number of hydrogen-bond donors (Lipinski definition) is 1. The van der Waals surface area contributed by atoms with Gasteiger partial charge in [0.15, 0.2) is 6.61 Å². The normalized spacial score (nSPS) is 12.0. The molecular weight excluding hydrogens is 511 g/mol. The van der Waals surface area contributed by atoms with E-state index in [1.165, 1.54) is 24.3 Å². The molecule has 0 heterocycles. The molecule has 0 aliphatic rings. The highest BCUT2D eigenvalue weighted by atomic mass is 79.9. The molecule has 0 spiro atoms. The van der Waals surface area contributed by atoms with Crippen LogP contribution in [0.1, 0.15) is 31.9 Å². The van der Waals surface area contributed by atoms with E-state index in [0.29, 0.717) is 12.2 Å². The van der Waals surface area contributed by atoms with E-state index in [1.807, 2.05) is 75.4 Å². The predicted molar refractivity (Wildman–Crippen MR) is 138 cm³/mol. The Bertz CT molecular complexity index is 1110. The monoisotopic (exact) mass is 540 g/mol. The number of nitrogens with zero attached hydrogens (tertiary/aromatic N) is 1. The number of carbonyl (C=O) groups excluding carboxylic acids is 2. The standard InChI is InChI=1S/C28H30BrFN2O3/c1-28(2,3)31-27(34)25(17-20-7-5-4-6-8-20)32(18-21-9-11-22(29)12-10-21)26(33)19-35-24-15-13-23(30)14-16-24/h4-16,25H,17-19H2,1-3H3,(H,31,34)/t25-/m0/s1. The van der Waals surface area contributed by atoms with Crippen LogP contribution in [0.15, 0.2) is 83.3 Å². The highest BCUT2D eigenvalue weighted by Crippen LogP contribution is 2.19. The van der Waals surface area contributed by atoms with Crippen molar-refractivity contribution in [3.05, 3.63) is 100 Å². The minimum Gasteiger partial charge on any atom is -0.484 e. The fourth-order valence-electron chi connectivity index (χ4n) is 3.55. The van der Waals surface area contributed by atoms with E-state index in [1.54, 1.807) is 4.90 Å². The van der Waals surface area contributed by atoms with Crippen LogP contribution < -0.4 is 10.1 Å². The van der Waals surface area contributed by atoms with Gasteiger partial charge in [0.2, 0.25) is 5.91 Å². The molecule has 0 unspecified atom stereocenters. The van der Waals surface area contributed by atoms with E-state index in [4.69, 9.17) is 4.74 Å². The second-order valence-corrected chi connectivity index (χ2v) is 10.3. The van der Waals surface area contributed by atoms with Gasteiger partial charge >= 0.3 is 0 Å². The van der Waals surface area contributed by atoms with Crippen LogP contribution in [0.5, 0.6) is 5.75 Å². The van der Waals surface area contributed by atoms with Crippen LogP contribution in [-0.2, 0) is 22.6 Å². The van der Waals surface area contributed by atoms with Gasteiger partial charge in [0.05, 0.1) is 0 Å². The molecule has 5 nitrogen and oxygen atoms in total. The van der Waals surface area contributed by atoms with Crippen LogP contribution in [0.25, 0.3) is 0 Å². The van der Waals surface area contributed by atoms with E-state index < -0.39 is 11.6 Å². The lowest BCUT2D eigenvalue weighted by molar-refractivity contribution is -0.143. The lowest BCUT2D eigenvalue weighted by Gasteiger charge is -2.33. The van der Waals surface area contributed by atoms with E-state index in [-0.39, 0.29) is 30.8 Å². The van der Waals surface area contributed by atoms with E-state index in [2.05, 4.69) is 21.2 Å². The van der Waals surface area contributed by atoms with Crippen LogP contribution in [-0.4, -0.2) is 34.9 Å². The summed E-state index contributed by atoms with van der Waals surface area (Å²) in [7, 11) is 0. The number of nitrogens with one attached hydrogen (secondary N) is 1. The van der Waals surface area contributed by atoms with Gasteiger partial charge in [-0.05, 0) is 68.3 Å². The lowest BCUT2D eigenvalue weighted by Crippen LogP contribution is -2.55. The summed E-state index contributed by atoms with van der Waals surface area (Å²) < 4.78 is 19.8. The maximum atomic E-state index is 13.5. The summed E-state index contributed by atoms with van der Waals surface area (Å²) in [4.78, 5) is 28.5. The van der Waals surface area contributed by atoms with E-state index in [9.17, 15) is 14.0 Å². The highest BCUT2D eigenvalue weighted by Gasteiger charge is 2.32. The average Bonchev–Trinajstić information content (AvgIpc) is 2.81. The van der Waals surface area contributed by atoms with Crippen molar-refractivity contribution in [2.24, 2.45) is 0 Å². The Morgan fingerprint density at radius 1 is 0.943 bits per heavy atom. The first-order chi connectivity index (χ1) is 16.6. The quantitative estimate of drug-likeness (QED) is 0.388. The van der Waals surface area contributed by atoms with E-state index >= 15 is 0 Å². The molecular formula is C28H30BrFN2O3. The summed E-state index contributed by atoms with van der Waals surface area (Å²) in [6, 6.07) is 21.9. The third kappa shape index (κ3) is 8.51. The Labute approximate surface area is 214 Å². The molecule has 1 atom stereocenters. The summed E-state index contributed by atoms with van der Waals surface area (Å²) in [5.41, 5.74) is 1.35. The first-order valence-corrected chi connectivity index (χ1v) is 12.2. The van der Waals surface area contributed by atoms with Crippen molar-refractivity contribution in [1.82, 2.24) is 10.2 Å². The average molecular weight is 541 g/mol. The third-order valence-corrected chi connectivity index (χ3v) is 5.74. The van der Waals surface area contributed by atoms with Gasteiger partial charge in [-0.25, -0.2) is 4.39 Å². The Morgan fingerprint density at radius 3 is 2.17 bits per heavy atom. The fourth-order valence-corrected chi connectivity index (χ4v) is 3.82. The van der Waals surface area contributed by atoms with Crippen molar-refractivity contribution in [3.8, 4) is 5.75 Å². The molecule has 0 fully saturated rings. The summed E-state index contributed by atoms with van der Waals surface area (Å²) in [6.07, 6.45) is 0.349. The number of halogens is 2. The first kappa shape index (κ1) is 26.4. The van der Waals surface area contributed by atoms with Gasteiger partial charge < -0.3 is 15.0 Å². The predicted octanol–water partition coefficient (Wildman–Crippen LogP) is 5.52. The number of carbonyl (C=O) groups is 2. The summed E-state index contributed by atoms with van der Waals surface area (Å²) in [5.74, 6) is -0.597. The van der Waals surface area contributed by atoms with Crippen LogP contribution in [0.3, 0.4) is 0 Å². The molecule has 184 valence electrons. The molecule has 35 heavy (non-hydrogen) atoms. The molecule has 0 aliphatic heterocycles. The Balaban J connectivity index is 1.91. The van der Waals surface area contributed by atoms with Crippen molar-refractivity contribution in [1.29, 1.82) is 0 Å². The Morgan fingerprint density at radius 2 is 1.57 bits per heavy atom. The number of ether oxygens (including phenoxy) is 1. The van der Waals surface area contributed by atoms with Crippen LogP contribution in [0.2, 0.25) is 0 Å². The minimum atomic E-state index is -0.760. The van der Waals surface area contributed by atoms with Crippen LogP contribution >= 0.6 is 15.9 Å². The molecule has 0 radical (unpaired) electrons. The Hall–Kier alpha value is -3.19. The second-order valence-electron chi connectivity index (χ2n) is 9.34. The smallest absolute Gasteiger partial charge is 0.261 e. The van der Waals surface area contributed by atoms with Gasteiger partial charge in [-0.2, -0.15) is 0 Å². The molecule has 0 saturated heterocycles. The summed E-state index contributed by atoms with van der Waals surface area (Å²) in [5, 5.41) is 3.03. The minimum absolute atomic E-state index is 0.230. The second kappa shape index (κ2) is 12.0. The molecule has 0 bridgehead atoms. The molecule has 0 aromatic heterocycles. The van der Waals surface area contributed by atoms with Crippen molar-refractivity contribution < 1.29 is 18.7 Å². The zero-order chi connectivity index (χ0) is 25.4. The topological polar surface area (TPSA) is 58.6 Å². The zero-order valence-electron chi connectivity index (χ0n) is 20.1. The van der Waals surface area contributed by atoms with Crippen LogP contribution in [0, 0.1) is 5.82 Å². The van der Waals surface area contributed by atoms with Gasteiger partial charge in [0.1, 0.15) is 17.6 Å². The van der Waals surface area contributed by atoms with Gasteiger partial charge in [0.25, 0.3) is 5.91 Å². The van der Waals surface area contributed by atoms with Crippen LogP contribution in [0.4, 0.5) is 4.39 Å². The highest BCUT2D eigenvalue weighted by molar-refractivity contribution is 9.10. The van der Waals surface area contributed by atoms with Crippen molar-refractivity contribution in [2.75, 3.05) is 6.61 Å². The van der Waals surface area contributed by atoms with Gasteiger partial charge in [-0.3, -0.25) is 9.59 Å².